The van der Waals surface area contributed by atoms with E-state index in [-0.39, 0.29) is 17.4 Å². The van der Waals surface area contributed by atoms with E-state index in [0.29, 0.717) is 23.0 Å². The second-order valence-corrected chi connectivity index (χ2v) is 7.06. The molecule has 210 valence electrons. The lowest BCUT2D eigenvalue weighted by atomic mass is 10.0. The van der Waals surface area contributed by atoms with E-state index in [1.54, 1.807) is 0 Å². The minimum Gasteiger partial charge on any atom is -0.464 e. The summed E-state index contributed by atoms with van der Waals surface area (Å²) in [4.78, 5) is 41.7. The van der Waals surface area contributed by atoms with E-state index in [0.717, 1.165) is 20.4 Å². The van der Waals surface area contributed by atoms with Crippen molar-refractivity contribution in [2.24, 2.45) is 0 Å². The number of ether oxygens (including phenoxy) is 2. The fraction of sp³-hybridized carbons (Fsp3) is 0.263. The second-order valence-electron chi connectivity index (χ2n) is 7.06. The van der Waals surface area contributed by atoms with Crippen LogP contribution in [-0.4, -0.2) is 56.0 Å². The van der Waals surface area contributed by atoms with Crippen LogP contribution < -0.4 is 0 Å². The topological polar surface area (TPSA) is 185 Å². The Morgan fingerprint density at radius 2 is 1.56 bits per heavy atom. The lowest BCUT2D eigenvalue weighted by Crippen LogP contribution is -2.15. The highest BCUT2D eigenvalue weighted by Gasteiger charge is 2.38. The summed E-state index contributed by atoms with van der Waals surface area (Å²) in [6.45, 7) is -0.759. The van der Waals surface area contributed by atoms with Crippen LogP contribution in [0.2, 0.25) is 0 Å². The fourth-order valence-corrected chi connectivity index (χ4v) is 2.87. The SMILES string of the molecule is COC(=O)c1[nH]ncc1[N+](=O)[O-].COC(=O)c1nn(Cc2ccc(C(F)(F)F)cc2C(F)(F)F)cc1[N+](=O)[O-]. The molecule has 0 aliphatic heterocycles. The third kappa shape index (κ3) is 7.26. The number of carbonyl (C=O) groups is 2. The normalized spacial score (nSPS) is 11.3. The first-order valence-electron chi connectivity index (χ1n) is 9.84. The summed E-state index contributed by atoms with van der Waals surface area (Å²) in [6.07, 6.45) is -8.46. The van der Waals surface area contributed by atoms with E-state index in [4.69, 9.17) is 0 Å². The highest BCUT2D eigenvalue weighted by molar-refractivity contribution is 5.91. The number of H-pyrrole nitrogens is 1. The predicted octanol–water partition coefficient (Wildman–Crippen LogP) is 3.77. The van der Waals surface area contributed by atoms with E-state index >= 15 is 0 Å². The van der Waals surface area contributed by atoms with Gasteiger partial charge in [-0.05, 0) is 17.7 Å². The van der Waals surface area contributed by atoms with Crippen LogP contribution in [0.3, 0.4) is 0 Å². The van der Waals surface area contributed by atoms with Gasteiger partial charge >= 0.3 is 35.7 Å². The van der Waals surface area contributed by atoms with E-state index in [1.807, 2.05) is 0 Å². The molecule has 0 spiro atoms. The first kappa shape index (κ1) is 30.2. The van der Waals surface area contributed by atoms with Crippen LogP contribution in [0.15, 0.2) is 30.6 Å². The van der Waals surface area contributed by atoms with Crippen LogP contribution in [-0.2, 0) is 28.4 Å². The molecule has 0 atom stereocenters. The van der Waals surface area contributed by atoms with Crippen molar-refractivity contribution in [3.63, 3.8) is 0 Å². The van der Waals surface area contributed by atoms with Gasteiger partial charge in [-0.3, -0.25) is 30.0 Å². The number of hydrogen-bond donors (Lipinski definition) is 1. The van der Waals surface area contributed by atoms with Gasteiger partial charge in [0.15, 0.2) is 0 Å². The van der Waals surface area contributed by atoms with Crippen molar-refractivity contribution in [1.82, 2.24) is 20.0 Å². The number of alkyl halides is 6. The Hall–Kier alpha value is -5.04. The minimum atomic E-state index is -5.11. The molecule has 0 saturated carbocycles. The molecule has 39 heavy (non-hydrogen) atoms. The highest BCUT2D eigenvalue weighted by atomic mass is 19.4. The molecule has 2 heterocycles. The number of nitro groups is 2. The van der Waals surface area contributed by atoms with Crippen molar-refractivity contribution in [2.75, 3.05) is 14.2 Å². The number of aromatic nitrogens is 4. The summed E-state index contributed by atoms with van der Waals surface area (Å²) in [5.41, 5.74) is -5.89. The van der Waals surface area contributed by atoms with Gasteiger partial charge in [0.05, 0.1) is 41.7 Å². The molecular formula is C19H14F6N6O8. The van der Waals surface area contributed by atoms with Crippen LogP contribution in [0.25, 0.3) is 0 Å². The molecule has 2 aromatic heterocycles. The Bertz CT molecular complexity index is 1400. The molecule has 3 aromatic rings. The molecule has 14 nitrogen and oxygen atoms in total. The number of benzene rings is 1. The molecule has 0 aliphatic carbocycles. The molecule has 0 amide bonds. The maximum absolute atomic E-state index is 13.1. The third-order valence-corrected chi connectivity index (χ3v) is 4.60. The Balaban J connectivity index is 0.000000370. The zero-order valence-corrected chi connectivity index (χ0v) is 19.4. The highest BCUT2D eigenvalue weighted by Crippen LogP contribution is 2.37. The largest absolute Gasteiger partial charge is 0.464 e. The van der Waals surface area contributed by atoms with E-state index < -0.39 is 68.8 Å². The van der Waals surface area contributed by atoms with E-state index in [9.17, 15) is 56.2 Å². The van der Waals surface area contributed by atoms with Crippen molar-refractivity contribution in [2.45, 2.75) is 18.9 Å². The molecule has 0 saturated heterocycles. The number of nitrogens with one attached hydrogen (secondary N) is 1. The molecule has 0 unspecified atom stereocenters. The first-order chi connectivity index (χ1) is 18.0. The van der Waals surface area contributed by atoms with E-state index in [2.05, 4.69) is 24.8 Å². The molecule has 0 bridgehead atoms. The number of esters is 2. The van der Waals surface area contributed by atoms with Crippen molar-refractivity contribution in [3.05, 3.63) is 78.9 Å². The molecule has 1 aromatic carbocycles. The van der Waals surface area contributed by atoms with Crippen molar-refractivity contribution in [1.29, 1.82) is 0 Å². The summed E-state index contributed by atoms with van der Waals surface area (Å²) in [6, 6.07) is 0.981. The van der Waals surface area contributed by atoms with Crippen LogP contribution >= 0.6 is 0 Å². The number of rotatable bonds is 6. The Kier molecular flexibility index (Phi) is 8.95. The zero-order chi connectivity index (χ0) is 29.7. The average Bonchev–Trinajstić information content (AvgIpc) is 3.50. The van der Waals surface area contributed by atoms with Gasteiger partial charge in [0.2, 0.25) is 11.4 Å². The van der Waals surface area contributed by atoms with Gasteiger partial charge in [-0.2, -0.15) is 36.5 Å². The first-order valence-corrected chi connectivity index (χ1v) is 9.84. The number of aromatic amines is 1. The van der Waals surface area contributed by atoms with Gasteiger partial charge in [0.25, 0.3) is 0 Å². The lowest BCUT2D eigenvalue weighted by molar-refractivity contribution is -0.385. The maximum atomic E-state index is 13.1. The van der Waals surface area contributed by atoms with Crippen LogP contribution in [0.4, 0.5) is 37.7 Å². The van der Waals surface area contributed by atoms with Gasteiger partial charge in [-0.1, -0.05) is 6.07 Å². The maximum Gasteiger partial charge on any atom is 0.416 e. The zero-order valence-electron chi connectivity index (χ0n) is 19.4. The summed E-state index contributed by atoms with van der Waals surface area (Å²) in [5, 5.41) is 30.2. The smallest absolute Gasteiger partial charge is 0.416 e. The Morgan fingerprint density at radius 1 is 0.974 bits per heavy atom. The number of halogens is 6. The quantitative estimate of drug-likeness (QED) is 0.199. The molecule has 1 N–H and O–H groups in total. The number of hydrogen-bond acceptors (Lipinski definition) is 10. The molecule has 0 aliphatic rings. The van der Waals surface area contributed by atoms with Crippen LogP contribution in [0.5, 0.6) is 0 Å². The van der Waals surface area contributed by atoms with Crippen molar-refractivity contribution >= 4 is 23.3 Å². The molecule has 3 rings (SSSR count). The minimum absolute atomic E-state index is 0.0610. The van der Waals surface area contributed by atoms with Crippen molar-refractivity contribution < 1.29 is 55.3 Å². The third-order valence-electron chi connectivity index (χ3n) is 4.60. The molecule has 0 radical (unpaired) electrons. The van der Waals surface area contributed by atoms with Gasteiger partial charge in [-0.15, -0.1) is 0 Å². The van der Waals surface area contributed by atoms with Gasteiger partial charge < -0.3 is 9.47 Å². The predicted molar refractivity (Wildman–Crippen MR) is 112 cm³/mol. The van der Waals surface area contributed by atoms with Gasteiger partial charge in [-0.25, -0.2) is 9.59 Å². The second kappa shape index (κ2) is 11.6. The molecular weight excluding hydrogens is 554 g/mol. The number of methoxy groups -OCH3 is 2. The standard InChI is InChI=1S/C14H9F6N3O4.C5H5N3O4/c1-27-12(24)11-10(23(25)26)6-22(21-11)5-7-2-3-8(13(15,16)17)4-9(7)14(18,19)20;1-12-5(9)4-3(8(10)11)2-6-7-4/h2-4,6H,5H2,1H3;2H,1H3,(H,6,7). The summed E-state index contributed by atoms with van der Waals surface area (Å²) in [7, 11) is 2.05. The Morgan fingerprint density at radius 3 is 2.05 bits per heavy atom. The molecule has 20 heteroatoms. The monoisotopic (exact) mass is 568 g/mol. The van der Waals surface area contributed by atoms with Crippen molar-refractivity contribution in [3.8, 4) is 0 Å². The fourth-order valence-electron chi connectivity index (χ4n) is 2.87. The summed E-state index contributed by atoms with van der Waals surface area (Å²) in [5.74, 6) is -2.00. The Labute approximate surface area is 211 Å². The summed E-state index contributed by atoms with van der Waals surface area (Å²) >= 11 is 0. The molecule has 0 fully saturated rings. The number of carbonyl (C=O) groups excluding carboxylic acids is 2. The van der Waals surface area contributed by atoms with Crippen LogP contribution in [0, 0.1) is 20.2 Å². The average molecular weight is 568 g/mol. The number of nitrogens with zero attached hydrogens (tertiary/aromatic N) is 5. The lowest BCUT2D eigenvalue weighted by Gasteiger charge is -2.15. The van der Waals surface area contributed by atoms with Gasteiger partial charge in [0.1, 0.15) is 12.4 Å². The van der Waals surface area contributed by atoms with Gasteiger partial charge in [0, 0.05) is 0 Å². The summed E-state index contributed by atoms with van der Waals surface area (Å²) < 4.78 is 86.6. The van der Waals surface area contributed by atoms with Crippen LogP contribution in [0.1, 0.15) is 37.7 Å². The van der Waals surface area contributed by atoms with E-state index in [1.165, 1.54) is 0 Å².